The van der Waals surface area contributed by atoms with Gasteiger partial charge in [0.1, 0.15) is 12.4 Å². The number of rotatable bonds is 11. The molecule has 6 rings (SSSR count). The molecule has 1 unspecified atom stereocenters. The van der Waals surface area contributed by atoms with Crippen molar-refractivity contribution in [3.63, 3.8) is 0 Å². The molecule has 7 nitrogen and oxygen atoms in total. The molecule has 0 radical (unpaired) electrons. The average Bonchev–Trinajstić information content (AvgIpc) is 2.91. The van der Waals surface area contributed by atoms with E-state index in [9.17, 15) is 9.59 Å². The highest BCUT2D eigenvalue weighted by Crippen LogP contribution is 2.61. The first-order valence-electron chi connectivity index (χ1n) is 13.5. The van der Waals surface area contributed by atoms with Gasteiger partial charge in [-0.05, 0) is 105 Å². The maximum absolute atomic E-state index is 13.2. The van der Waals surface area contributed by atoms with E-state index in [0.29, 0.717) is 22.6 Å². The van der Waals surface area contributed by atoms with E-state index in [4.69, 9.17) is 18.9 Å². The van der Waals surface area contributed by atoms with E-state index in [1.54, 1.807) is 31.4 Å². The Morgan fingerprint density at radius 1 is 1.03 bits per heavy atom. The van der Waals surface area contributed by atoms with E-state index in [1.807, 2.05) is 19.1 Å². The maximum Gasteiger partial charge on any atom is 0.338 e. The van der Waals surface area contributed by atoms with E-state index >= 15 is 0 Å². The third kappa shape index (κ3) is 5.64. The Morgan fingerprint density at radius 2 is 1.66 bits per heavy atom. The van der Waals surface area contributed by atoms with Gasteiger partial charge in [0.2, 0.25) is 0 Å². The van der Waals surface area contributed by atoms with Crippen molar-refractivity contribution in [2.75, 3.05) is 25.8 Å². The van der Waals surface area contributed by atoms with Crippen molar-refractivity contribution in [2.24, 2.45) is 17.8 Å². The lowest BCUT2D eigenvalue weighted by molar-refractivity contribution is -0.150. The molecular weight excluding hydrogens is 482 g/mol. The number of carbonyl (C=O) groups is 2. The van der Waals surface area contributed by atoms with Crippen LogP contribution in [0, 0.1) is 17.8 Å². The van der Waals surface area contributed by atoms with Gasteiger partial charge in [0.05, 0.1) is 5.56 Å². The Kier molecular flexibility index (Phi) is 7.86. The second-order valence-electron chi connectivity index (χ2n) is 11.1. The molecule has 0 spiro atoms. The Morgan fingerprint density at radius 3 is 2.26 bits per heavy atom. The molecule has 4 bridgehead atoms. The van der Waals surface area contributed by atoms with E-state index in [-0.39, 0.29) is 31.0 Å². The molecule has 0 aromatic heterocycles. The van der Waals surface area contributed by atoms with E-state index in [0.717, 1.165) is 17.8 Å². The minimum absolute atomic E-state index is 0.0445. The Hall–Kier alpha value is -3.16. The smallest absolute Gasteiger partial charge is 0.338 e. The van der Waals surface area contributed by atoms with Crippen molar-refractivity contribution in [3.8, 4) is 5.75 Å². The zero-order chi connectivity index (χ0) is 26.7. The maximum atomic E-state index is 13.2. The van der Waals surface area contributed by atoms with Gasteiger partial charge >= 0.3 is 5.97 Å². The number of amides is 1. The quantitative estimate of drug-likeness (QED) is 0.220. The summed E-state index contributed by atoms with van der Waals surface area (Å²) in [5.74, 6) is 2.40. The molecule has 0 saturated heterocycles. The van der Waals surface area contributed by atoms with Crippen LogP contribution in [0.1, 0.15) is 71.7 Å². The molecule has 0 heterocycles. The third-order valence-corrected chi connectivity index (χ3v) is 8.41. The fourth-order valence-electron chi connectivity index (χ4n) is 7.03. The number of hydrogen-bond acceptors (Lipinski definition) is 6. The summed E-state index contributed by atoms with van der Waals surface area (Å²) in [5.41, 5.74) is 2.81. The van der Waals surface area contributed by atoms with Crippen LogP contribution in [0.15, 0.2) is 55.1 Å². The number of hydrogen-bond donors (Lipinski definition) is 1. The molecule has 7 heteroatoms. The zero-order valence-corrected chi connectivity index (χ0v) is 22.2. The summed E-state index contributed by atoms with van der Waals surface area (Å²) in [5, 5.41) is 2.92. The van der Waals surface area contributed by atoms with Crippen molar-refractivity contribution in [3.05, 3.63) is 71.8 Å². The van der Waals surface area contributed by atoms with Crippen LogP contribution in [0.5, 0.6) is 5.75 Å². The summed E-state index contributed by atoms with van der Waals surface area (Å²) >= 11 is 0. The van der Waals surface area contributed by atoms with Gasteiger partial charge in [0.25, 0.3) is 5.91 Å². The van der Waals surface area contributed by atoms with Gasteiger partial charge in [-0.25, -0.2) is 4.79 Å². The first-order valence-corrected chi connectivity index (χ1v) is 13.5. The average molecular weight is 520 g/mol. The highest BCUT2D eigenvalue weighted by atomic mass is 16.7. The third-order valence-electron chi connectivity index (χ3n) is 8.41. The lowest BCUT2D eigenvalue weighted by Crippen LogP contribution is -2.48. The number of esters is 1. The van der Waals surface area contributed by atoms with Crippen LogP contribution < -0.4 is 10.1 Å². The molecule has 4 aliphatic rings. The largest absolute Gasteiger partial charge is 0.467 e. The normalized spacial score (nSPS) is 26.0. The Bertz CT molecular complexity index is 1140. The van der Waals surface area contributed by atoms with Gasteiger partial charge in [-0.15, -0.1) is 0 Å². The lowest BCUT2D eigenvalue weighted by atomic mass is 9.48. The second kappa shape index (κ2) is 11.3. The topological polar surface area (TPSA) is 83.1 Å². The zero-order valence-electron chi connectivity index (χ0n) is 22.2. The van der Waals surface area contributed by atoms with Crippen LogP contribution >= 0.6 is 0 Å². The standard InChI is InChI=1S/C31H37NO6/c1-4-11-36-30(34)24-5-8-26(9-6-24)32-29(33)25-7-10-27(28(15-25)38-19-37-20(2)35-3)31-16-21-12-22(17-31)14-23(13-21)18-31/h4-10,15,20-23H,1,11-14,16-19H2,2-3H3,(H,32,33). The first kappa shape index (κ1) is 26.4. The van der Waals surface area contributed by atoms with Crippen LogP contribution in [0.3, 0.4) is 0 Å². The number of methoxy groups -OCH3 is 1. The molecule has 1 atom stereocenters. The molecule has 1 amide bonds. The van der Waals surface area contributed by atoms with Crippen molar-refractivity contribution < 1.29 is 28.5 Å². The fourth-order valence-corrected chi connectivity index (χ4v) is 7.03. The summed E-state index contributed by atoms with van der Waals surface area (Å²) < 4.78 is 22.1. The summed E-state index contributed by atoms with van der Waals surface area (Å²) in [4.78, 5) is 25.2. The van der Waals surface area contributed by atoms with Crippen molar-refractivity contribution in [1.82, 2.24) is 0 Å². The molecule has 2 aromatic rings. The van der Waals surface area contributed by atoms with Crippen molar-refractivity contribution >= 4 is 17.6 Å². The molecule has 0 aliphatic heterocycles. The number of benzene rings is 2. The van der Waals surface area contributed by atoms with Gasteiger partial charge in [-0.2, -0.15) is 0 Å². The monoisotopic (exact) mass is 519 g/mol. The molecule has 4 fully saturated rings. The molecular formula is C31H37NO6. The number of nitrogens with one attached hydrogen (secondary N) is 1. The highest BCUT2D eigenvalue weighted by molar-refractivity contribution is 6.04. The summed E-state index contributed by atoms with van der Waals surface area (Å²) in [6.45, 7) is 5.55. The van der Waals surface area contributed by atoms with Gasteiger partial charge in [-0.3, -0.25) is 4.79 Å². The Balaban J connectivity index is 1.35. The predicted molar refractivity (Wildman–Crippen MR) is 144 cm³/mol. The van der Waals surface area contributed by atoms with E-state index < -0.39 is 5.97 Å². The second-order valence-corrected chi connectivity index (χ2v) is 11.1. The number of ether oxygens (including phenoxy) is 4. The van der Waals surface area contributed by atoms with Crippen LogP contribution in [-0.2, 0) is 19.6 Å². The van der Waals surface area contributed by atoms with Crippen LogP contribution in [0.25, 0.3) is 0 Å². The molecule has 1 N–H and O–H groups in total. The van der Waals surface area contributed by atoms with Crippen molar-refractivity contribution in [2.45, 2.75) is 57.2 Å². The minimum Gasteiger partial charge on any atom is -0.467 e. The Labute approximate surface area is 224 Å². The lowest BCUT2D eigenvalue weighted by Gasteiger charge is -2.57. The number of anilines is 1. The van der Waals surface area contributed by atoms with Crippen LogP contribution in [0.4, 0.5) is 5.69 Å². The highest BCUT2D eigenvalue weighted by Gasteiger charge is 2.52. The summed E-state index contributed by atoms with van der Waals surface area (Å²) in [6.07, 6.45) is 8.78. The van der Waals surface area contributed by atoms with Crippen LogP contribution in [-0.4, -0.2) is 38.7 Å². The van der Waals surface area contributed by atoms with Crippen LogP contribution in [0.2, 0.25) is 0 Å². The van der Waals surface area contributed by atoms with Gasteiger partial charge in [0.15, 0.2) is 13.1 Å². The summed E-state index contributed by atoms with van der Waals surface area (Å²) in [6, 6.07) is 12.4. The molecule has 2 aromatic carbocycles. The van der Waals surface area contributed by atoms with Gasteiger partial charge in [0, 0.05) is 23.9 Å². The molecule has 4 aliphatic carbocycles. The summed E-state index contributed by atoms with van der Waals surface area (Å²) in [7, 11) is 1.59. The van der Waals surface area contributed by atoms with Gasteiger partial charge < -0.3 is 24.3 Å². The van der Waals surface area contributed by atoms with E-state index in [2.05, 4.69) is 18.0 Å². The van der Waals surface area contributed by atoms with Gasteiger partial charge in [-0.1, -0.05) is 18.7 Å². The van der Waals surface area contributed by atoms with Crippen molar-refractivity contribution in [1.29, 1.82) is 0 Å². The SMILES string of the molecule is C=CCOC(=O)c1ccc(NC(=O)c2ccc(C34CC5CC(CC(C5)C3)C4)c(OCOC(C)OC)c2)cc1. The molecule has 202 valence electrons. The fraction of sp³-hybridized carbons (Fsp3) is 0.484. The predicted octanol–water partition coefficient (Wildman–Crippen LogP) is 6.09. The minimum atomic E-state index is -0.435. The van der Waals surface area contributed by atoms with E-state index in [1.165, 1.54) is 50.2 Å². The first-order chi connectivity index (χ1) is 18.4. The molecule has 4 saturated carbocycles. The number of carbonyl (C=O) groups excluding carboxylic acids is 2. The molecule has 38 heavy (non-hydrogen) atoms.